The molecule has 0 bridgehead atoms. The van der Waals surface area contributed by atoms with Gasteiger partial charge in [0, 0.05) is 74.6 Å². The van der Waals surface area contributed by atoms with Gasteiger partial charge in [0.1, 0.15) is 17.8 Å². The molecule has 0 amide bonds. The topological polar surface area (TPSA) is 65.2 Å². The lowest BCUT2D eigenvalue weighted by atomic mass is 9.81. The first kappa shape index (κ1) is 45.4. The number of hydrogen-bond acceptors (Lipinski definition) is 7. The van der Waals surface area contributed by atoms with Crippen LogP contribution in [0.15, 0.2) is 288 Å². The first-order valence-corrected chi connectivity index (χ1v) is 26.7. The number of anilines is 6. The molecule has 3 unspecified atom stereocenters. The normalized spacial score (nSPS) is 17.2. The Hall–Kier alpha value is -10.0. The van der Waals surface area contributed by atoms with Crippen LogP contribution in [-0.4, -0.2) is 44.1 Å². The molecular weight excluding hydrogens is 953 g/mol. The fourth-order valence-electron chi connectivity index (χ4n) is 12.5. The molecule has 0 fully saturated rings. The fourth-order valence-corrected chi connectivity index (χ4v) is 12.5. The van der Waals surface area contributed by atoms with Crippen LogP contribution >= 0.6 is 0 Å². The molecule has 11 aromatic rings. The van der Waals surface area contributed by atoms with Gasteiger partial charge >= 0.3 is 0 Å². The summed E-state index contributed by atoms with van der Waals surface area (Å²) in [7, 11) is 0. The maximum absolute atomic E-state index is 5.55. The molecule has 0 radical (unpaired) electrons. The van der Waals surface area contributed by atoms with E-state index in [4.69, 9.17) is 20.0 Å². The van der Waals surface area contributed by atoms with Crippen molar-refractivity contribution in [1.29, 1.82) is 0 Å². The molecule has 0 saturated carbocycles. The molecule has 370 valence electrons. The fraction of sp³-hybridized carbons (Fsp3) is 0.0571. The lowest BCUT2D eigenvalue weighted by molar-refractivity contribution is 0.104. The van der Waals surface area contributed by atoms with Crippen molar-refractivity contribution in [3.63, 3.8) is 0 Å². The lowest BCUT2D eigenvalue weighted by Gasteiger charge is -2.42. The van der Waals surface area contributed by atoms with E-state index in [0.717, 1.165) is 101 Å². The summed E-state index contributed by atoms with van der Waals surface area (Å²) in [6, 6.07) is 88.6. The van der Waals surface area contributed by atoms with Crippen LogP contribution in [-0.2, 0) is 0 Å². The van der Waals surface area contributed by atoms with E-state index in [1.54, 1.807) is 0 Å². The number of aliphatic imine (C=N–C) groups is 2. The van der Waals surface area contributed by atoms with Crippen molar-refractivity contribution < 1.29 is 0 Å². The highest BCUT2D eigenvalue weighted by molar-refractivity contribution is 6.17. The second-order valence-corrected chi connectivity index (χ2v) is 20.1. The summed E-state index contributed by atoms with van der Waals surface area (Å²) in [5.41, 5.74) is 20.1. The van der Waals surface area contributed by atoms with E-state index >= 15 is 0 Å². The number of hydrogen-bond donors (Lipinski definition) is 0. The molecule has 2 aromatic heterocycles. The first-order valence-electron chi connectivity index (χ1n) is 26.7. The molecule has 15 rings (SSSR count). The zero-order valence-electron chi connectivity index (χ0n) is 42.4. The summed E-state index contributed by atoms with van der Waals surface area (Å²) in [4.78, 5) is 29.1. The Morgan fingerprint density at radius 3 is 1.50 bits per heavy atom. The van der Waals surface area contributed by atoms with Crippen molar-refractivity contribution >= 4 is 79.8 Å². The number of fused-ring (bicyclic) bond motifs is 6. The minimum atomic E-state index is -0.425. The molecular formula is C70H50N8. The number of aromatic nitrogens is 3. The Labute approximate surface area is 452 Å². The summed E-state index contributed by atoms with van der Waals surface area (Å²) >= 11 is 0. The SMILES string of the molecule is C1=NC2=C3C(c4ccccc4)=CC=C4c5cccc6c7nc(-c8ccccc8)cnc7n(c56)C(C(c5ccc(N(c6ccccc6)c6ccccc6)cc5)c5ccc(N(c6ccccc6)c6ccccc6)cc5)N(C2N=C1)C43. The van der Waals surface area contributed by atoms with Gasteiger partial charge in [0.15, 0.2) is 5.65 Å². The standard InChI is InChI=1S/C70H50N8/c1-7-20-47(21-8-1)57-42-43-59-58-32-19-33-60-64-68(73-46-61(74-64)48-22-9-2-10-23-48)77(66(58)60)70(78-67(59)63(57)65-69(78)72-45-44-71-65)62(49-34-38-55(39-35-49)75(51-24-11-3-12-25-51)52-26-13-4-14-27-52)50-36-40-56(41-37-50)76(53-28-15-5-16-29-53)54-30-17-6-18-31-54/h1-46,62,67,69-70H. The number of allylic oxidation sites excluding steroid dienone is 2. The van der Waals surface area contributed by atoms with E-state index in [2.05, 4.69) is 274 Å². The maximum Gasteiger partial charge on any atom is 0.161 e. The van der Waals surface area contributed by atoms with Crippen LogP contribution in [0.4, 0.5) is 34.1 Å². The second kappa shape index (κ2) is 19.0. The van der Waals surface area contributed by atoms with Crippen molar-refractivity contribution in [2.75, 3.05) is 9.80 Å². The van der Waals surface area contributed by atoms with Gasteiger partial charge in [0.05, 0.1) is 29.1 Å². The number of nitrogens with zero attached hydrogens (tertiary/aromatic N) is 8. The summed E-state index contributed by atoms with van der Waals surface area (Å²) in [5, 5.41) is 1.06. The molecule has 5 heterocycles. The predicted molar refractivity (Wildman–Crippen MR) is 319 cm³/mol. The quantitative estimate of drug-likeness (QED) is 0.129. The van der Waals surface area contributed by atoms with Crippen LogP contribution in [0.5, 0.6) is 0 Å². The van der Waals surface area contributed by atoms with Crippen LogP contribution < -0.4 is 9.80 Å². The van der Waals surface area contributed by atoms with Gasteiger partial charge in [-0.05, 0) is 101 Å². The third kappa shape index (κ3) is 7.48. The van der Waals surface area contributed by atoms with Gasteiger partial charge in [0.25, 0.3) is 0 Å². The van der Waals surface area contributed by atoms with Gasteiger partial charge in [-0.2, -0.15) is 0 Å². The second-order valence-electron chi connectivity index (χ2n) is 20.1. The van der Waals surface area contributed by atoms with Gasteiger partial charge in [-0.3, -0.25) is 9.98 Å². The van der Waals surface area contributed by atoms with E-state index < -0.39 is 12.3 Å². The zero-order chi connectivity index (χ0) is 51.5. The van der Waals surface area contributed by atoms with Gasteiger partial charge in [-0.25, -0.2) is 14.9 Å². The Morgan fingerprint density at radius 2 is 0.962 bits per heavy atom. The largest absolute Gasteiger partial charge is 0.311 e. The van der Waals surface area contributed by atoms with E-state index in [1.165, 1.54) is 11.1 Å². The molecule has 9 aromatic carbocycles. The first-order chi connectivity index (χ1) is 38.7. The van der Waals surface area contributed by atoms with Crippen molar-refractivity contribution in [1.82, 2.24) is 19.4 Å². The summed E-state index contributed by atoms with van der Waals surface area (Å²) in [6.45, 7) is 0. The average Bonchev–Trinajstić information content (AvgIpc) is 4.14. The van der Waals surface area contributed by atoms with Crippen molar-refractivity contribution in [2.45, 2.75) is 24.3 Å². The zero-order valence-corrected chi connectivity index (χ0v) is 42.4. The Balaban J connectivity index is 1.000. The summed E-state index contributed by atoms with van der Waals surface area (Å²) < 4.78 is 2.52. The van der Waals surface area contributed by atoms with Crippen molar-refractivity contribution in [3.05, 3.63) is 301 Å². The number of benzene rings is 9. The average molecular weight is 1000 g/mol. The predicted octanol–water partition coefficient (Wildman–Crippen LogP) is 16.4. The molecule has 3 aliphatic heterocycles. The van der Waals surface area contributed by atoms with Crippen molar-refractivity contribution in [3.8, 4) is 11.3 Å². The van der Waals surface area contributed by atoms with E-state index in [1.807, 2.05) is 24.7 Å². The third-order valence-corrected chi connectivity index (χ3v) is 15.8. The van der Waals surface area contributed by atoms with Crippen LogP contribution in [0.25, 0.3) is 44.5 Å². The molecule has 0 spiro atoms. The van der Waals surface area contributed by atoms with E-state index in [0.29, 0.717) is 0 Å². The Kier molecular flexibility index (Phi) is 11.0. The lowest BCUT2D eigenvalue weighted by Crippen LogP contribution is -2.46. The van der Waals surface area contributed by atoms with Gasteiger partial charge < -0.3 is 14.4 Å². The molecule has 8 heteroatoms. The Morgan fingerprint density at radius 1 is 0.462 bits per heavy atom. The molecule has 78 heavy (non-hydrogen) atoms. The molecule has 0 saturated heterocycles. The highest BCUT2D eigenvalue weighted by atomic mass is 15.4. The van der Waals surface area contributed by atoms with Crippen LogP contribution in [0.2, 0.25) is 0 Å². The molecule has 8 nitrogen and oxygen atoms in total. The minimum absolute atomic E-state index is 0.223. The molecule has 1 aliphatic carbocycles. The third-order valence-electron chi connectivity index (χ3n) is 15.8. The number of para-hydroxylation sites is 5. The Bertz CT molecular complexity index is 3990. The minimum Gasteiger partial charge on any atom is -0.311 e. The highest BCUT2D eigenvalue weighted by Crippen LogP contribution is 2.57. The monoisotopic (exact) mass is 1000 g/mol. The number of rotatable bonds is 11. The smallest absolute Gasteiger partial charge is 0.161 e. The summed E-state index contributed by atoms with van der Waals surface area (Å²) in [5.74, 6) is -0.300. The molecule has 4 aliphatic rings. The van der Waals surface area contributed by atoms with Crippen molar-refractivity contribution in [2.24, 2.45) is 9.98 Å². The van der Waals surface area contributed by atoms with E-state index in [9.17, 15) is 0 Å². The highest BCUT2D eigenvalue weighted by Gasteiger charge is 2.53. The maximum atomic E-state index is 5.55. The van der Waals surface area contributed by atoms with Crippen LogP contribution in [0.1, 0.15) is 34.3 Å². The van der Waals surface area contributed by atoms with Crippen LogP contribution in [0.3, 0.4) is 0 Å². The molecule has 0 N–H and O–H groups in total. The van der Waals surface area contributed by atoms with E-state index in [-0.39, 0.29) is 12.0 Å². The summed E-state index contributed by atoms with van der Waals surface area (Å²) in [6.07, 6.45) is 9.51. The molecule has 3 atom stereocenters. The van der Waals surface area contributed by atoms with Crippen LogP contribution in [0, 0.1) is 0 Å². The van der Waals surface area contributed by atoms with Gasteiger partial charge in [-0.1, -0.05) is 188 Å². The van der Waals surface area contributed by atoms with Gasteiger partial charge in [-0.15, -0.1) is 0 Å². The van der Waals surface area contributed by atoms with Gasteiger partial charge in [0.2, 0.25) is 0 Å².